The Morgan fingerprint density at radius 1 is 1.10 bits per heavy atom. The molecule has 2 aromatic rings. The Morgan fingerprint density at radius 2 is 1.79 bits per heavy atom. The van der Waals surface area contributed by atoms with Gasteiger partial charge in [0.15, 0.2) is 6.61 Å². The maximum absolute atomic E-state index is 12.7. The third-order valence-electron chi connectivity index (χ3n) is 4.92. The molecule has 0 saturated heterocycles. The molecular formula is C22H28N2O4S. The van der Waals surface area contributed by atoms with Gasteiger partial charge in [0.05, 0.1) is 11.4 Å². The summed E-state index contributed by atoms with van der Waals surface area (Å²) in [7, 11) is -3.48. The lowest BCUT2D eigenvalue weighted by atomic mass is 9.86. The molecule has 0 unspecified atom stereocenters. The van der Waals surface area contributed by atoms with E-state index in [2.05, 4.69) is 26.1 Å². The summed E-state index contributed by atoms with van der Waals surface area (Å²) < 4.78 is 32.4. The molecule has 0 saturated carbocycles. The third-order valence-corrected chi connectivity index (χ3v) is 6.69. The standard InChI is InChI=1S/C22H28N2O4S/c1-22(2,3)18-9-5-7-11-20(18)28-16-21(25)23-13-15-29(26,27)24-14-12-17-8-4-6-10-19(17)24/h4-11H,12-16H2,1-3H3,(H,23,25). The van der Waals surface area contributed by atoms with Crippen molar-refractivity contribution in [2.45, 2.75) is 32.6 Å². The van der Waals surface area contributed by atoms with Crippen molar-refractivity contribution in [3.05, 3.63) is 59.7 Å². The predicted molar refractivity (Wildman–Crippen MR) is 115 cm³/mol. The molecule has 6 nitrogen and oxygen atoms in total. The minimum absolute atomic E-state index is 0.0457. The Bertz CT molecular complexity index is 980. The van der Waals surface area contributed by atoms with E-state index in [4.69, 9.17) is 4.74 Å². The fourth-order valence-corrected chi connectivity index (χ4v) is 4.86. The third kappa shape index (κ3) is 5.09. The molecule has 0 radical (unpaired) electrons. The molecule has 0 aromatic heterocycles. The molecule has 29 heavy (non-hydrogen) atoms. The minimum atomic E-state index is -3.48. The van der Waals surface area contributed by atoms with Crippen LogP contribution in [0.2, 0.25) is 0 Å². The number of carbonyl (C=O) groups is 1. The first kappa shape index (κ1) is 21.2. The number of amides is 1. The lowest BCUT2D eigenvalue weighted by molar-refractivity contribution is -0.122. The van der Waals surface area contributed by atoms with Crippen LogP contribution in [-0.2, 0) is 26.7 Å². The summed E-state index contributed by atoms with van der Waals surface area (Å²) in [6, 6.07) is 15.1. The Balaban J connectivity index is 1.51. The first-order valence-corrected chi connectivity index (χ1v) is 11.4. The zero-order valence-electron chi connectivity index (χ0n) is 17.1. The quantitative estimate of drug-likeness (QED) is 0.753. The highest BCUT2D eigenvalue weighted by atomic mass is 32.2. The van der Waals surface area contributed by atoms with Crippen LogP contribution >= 0.6 is 0 Å². The molecule has 7 heteroatoms. The summed E-state index contributed by atoms with van der Waals surface area (Å²) in [6.07, 6.45) is 0.711. The van der Waals surface area contributed by atoms with Gasteiger partial charge in [-0.2, -0.15) is 0 Å². The highest BCUT2D eigenvalue weighted by Gasteiger charge is 2.28. The Morgan fingerprint density at radius 3 is 2.55 bits per heavy atom. The van der Waals surface area contributed by atoms with Crippen LogP contribution in [0, 0.1) is 0 Å². The molecule has 0 fully saturated rings. The monoisotopic (exact) mass is 416 g/mol. The first-order chi connectivity index (χ1) is 13.7. The van der Waals surface area contributed by atoms with Crippen molar-refractivity contribution in [3.63, 3.8) is 0 Å². The van der Waals surface area contributed by atoms with Crippen molar-refractivity contribution < 1.29 is 17.9 Å². The average molecular weight is 417 g/mol. The maximum atomic E-state index is 12.7. The second kappa shape index (κ2) is 8.45. The Hall–Kier alpha value is -2.54. The zero-order valence-corrected chi connectivity index (χ0v) is 18.0. The molecule has 1 aliphatic heterocycles. The highest BCUT2D eigenvalue weighted by molar-refractivity contribution is 7.92. The number of fused-ring (bicyclic) bond motifs is 1. The van der Waals surface area contributed by atoms with Crippen LogP contribution in [0.25, 0.3) is 0 Å². The van der Waals surface area contributed by atoms with E-state index in [1.54, 1.807) is 0 Å². The van der Waals surface area contributed by atoms with Gasteiger partial charge >= 0.3 is 0 Å². The topological polar surface area (TPSA) is 75.7 Å². The van der Waals surface area contributed by atoms with Crippen molar-refractivity contribution in [1.82, 2.24) is 5.32 Å². The zero-order chi connectivity index (χ0) is 21.1. The van der Waals surface area contributed by atoms with Crippen LogP contribution in [0.5, 0.6) is 5.75 Å². The van der Waals surface area contributed by atoms with Crippen LogP contribution in [0.3, 0.4) is 0 Å². The van der Waals surface area contributed by atoms with Crippen LogP contribution in [-0.4, -0.2) is 39.8 Å². The van der Waals surface area contributed by atoms with E-state index in [-0.39, 0.29) is 30.2 Å². The lowest BCUT2D eigenvalue weighted by Gasteiger charge is -2.22. The molecular weight excluding hydrogens is 388 g/mol. The molecule has 1 N–H and O–H groups in total. The lowest BCUT2D eigenvalue weighted by Crippen LogP contribution is -2.38. The maximum Gasteiger partial charge on any atom is 0.257 e. The average Bonchev–Trinajstić information content (AvgIpc) is 3.11. The number of nitrogens with one attached hydrogen (secondary N) is 1. The van der Waals surface area contributed by atoms with Gasteiger partial charge < -0.3 is 10.1 Å². The second-order valence-corrected chi connectivity index (χ2v) is 10.2. The summed E-state index contributed by atoms with van der Waals surface area (Å²) in [5, 5.41) is 2.64. The van der Waals surface area contributed by atoms with Gasteiger partial charge in [-0.25, -0.2) is 8.42 Å². The Kier molecular flexibility index (Phi) is 6.17. The highest BCUT2D eigenvalue weighted by Crippen LogP contribution is 2.31. The first-order valence-electron chi connectivity index (χ1n) is 9.76. The van der Waals surface area contributed by atoms with E-state index < -0.39 is 10.0 Å². The van der Waals surface area contributed by atoms with Gasteiger partial charge in [0.1, 0.15) is 5.75 Å². The van der Waals surface area contributed by atoms with Gasteiger partial charge in [-0.3, -0.25) is 9.10 Å². The van der Waals surface area contributed by atoms with Crippen LogP contribution < -0.4 is 14.4 Å². The Labute approximate surface area is 172 Å². The number of carbonyl (C=O) groups excluding carboxylic acids is 1. The van der Waals surface area contributed by atoms with Crippen LogP contribution in [0.15, 0.2) is 48.5 Å². The van der Waals surface area contributed by atoms with E-state index in [0.717, 1.165) is 16.8 Å². The number of hydrogen-bond donors (Lipinski definition) is 1. The van der Waals surface area contributed by atoms with Crippen LogP contribution in [0.4, 0.5) is 5.69 Å². The summed E-state index contributed by atoms with van der Waals surface area (Å²) in [5.41, 5.74) is 2.68. The number of nitrogens with zero attached hydrogens (tertiary/aromatic N) is 1. The van der Waals surface area contributed by atoms with E-state index in [9.17, 15) is 13.2 Å². The van der Waals surface area contributed by atoms with Gasteiger partial charge in [0.25, 0.3) is 5.91 Å². The number of ether oxygens (including phenoxy) is 1. The summed E-state index contributed by atoms with van der Waals surface area (Å²) in [5.74, 6) is 0.174. The molecule has 2 aromatic carbocycles. The number of anilines is 1. The number of hydrogen-bond acceptors (Lipinski definition) is 4. The summed E-state index contributed by atoms with van der Waals surface area (Å²) in [6.45, 7) is 6.58. The molecule has 0 spiro atoms. The number of benzene rings is 2. The predicted octanol–water partition coefficient (Wildman–Crippen LogP) is 2.87. The molecule has 1 heterocycles. The normalized spacial score (nSPS) is 13.8. The van der Waals surface area contributed by atoms with Crippen molar-refractivity contribution in [2.24, 2.45) is 0 Å². The molecule has 3 rings (SSSR count). The fourth-order valence-electron chi connectivity index (χ4n) is 3.43. The van der Waals surface area contributed by atoms with Crippen molar-refractivity contribution in [3.8, 4) is 5.75 Å². The van der Waals surface area contributed by atoms with E-state index >= 15 is 0 Å². The van der Waals surface area contributed by atoms with Crippen LogP contribution in [0.1, 0.15) is 31.9 Å². The summed E-state index contributed by atoms with van der Waals surface area (Å²) >= 11 is 0. The molecule has 0 aliphatic carbocycles. The fraction of sp³-hybridized carbons (Fsp3) is 0.409. The second-order valence-electron chi connectivity index (χ2n) is 8.15. The van der Waals surface area contributed by atoms with Crippen molar-refractivity contribution in [2.75, 3.05) is 29.8 Å². The molecule has 1 aliphatic rings. The number of rotatable bonds is 7. The summed E-state index contributed by atoms with van der Waals surface area (Å²) in [4.78, 5) is 12.1. The molecule has 156 valence electrons. The van der Waals surface area contributed by atoms with Crippen molar-refractivity contribution >= 4 is 21.6 Å². The minimum Gasteiger partial charge on any atom is -0.483 e. The SMILES string of the molecule is CC(C)(C)c1ccccc1OCC(=O)NCCS(=O)(=O)N1CCc2ccccc21. The molecule has 0 bridgehead atoms. The van der Waals surface area contributed by atoms with Gasteiger partial charge in [-0.1, -0.05) is 57.2 Å². The van der Waals surface area contributed by atoms with Crippen molar-refractivity contribution in [1.29, 1.82) is 0 Å². The number of sulfonamides is 1. The van der Waals surface area contributed by atoms with Gasteiger partial charge in [-0.05, 0) is 35.1 Å². The van der Waals surface area contributed by atoms with E-state index in [0.29, 0.717) is 18.7 Å². The smallest absolute Gasteiger partial charge is 0.257 e. The molecule has 1 amide bonds. The van der Waals surface area contributed by atoms with Gasteiger partial charge in [-0.15, -0.1) is 0 Å². The number of para-hydroxylation sites is 2. The van der Waals surface area contributed by atoms with Gasteiger partial charge in [0.2, 0.25) is 10.0 Å². The molecule has 0 atom stereocenters. The largest absolute Gasteiger partial charge is 0.483 e. The van der Waals surface area contributed by atoms with E-state index in [1.165, 1.54) is 4.31 Å². The van der Waals surface area contributed by atoms with E-state index in [1.807, 2.05) is 48.5 Å². The van der Waals surface area contributed by atoms with Gasteiger partial charge in [0, 0.05) is 13.1 Å².